The third kappa shape index (κ3) is 4.63. The Morgan fingerprint density at radius 3 is 2.41 bits per heavy atom. The number of halogens is 5. The van der Waals surface area contributed by atoms with E-state index in [0.29, 0.717) is 0 Å². The summed E-state index contributed by atoms with van der Waals surface area (Å²) in [6, 6.07) is 5.27. The topological polar surface area (TPSA) is 110 Å². The lowest BCUT2D eigenvalue weighted by Crippen LogP contribution is -2.33. The van der Waals surface area contributed by atoms with E-state index < -0.39 is 46.2 Å². The van der Waals surface area contributed by atoms with Gasteiger partial charge in [-0.15, -0.1) is 18.3 Å². The zero-order valence-electron chi connectivity index (χ0n) is 17.2. The molecule has 3 atom stereocenters. The largest absolute Gasteiger partial charge is 0.613 e. The number of nitrogens with zero attached hydrogens (tertiary/aromatic N) is 2. The molecule has 3 N–H and O–H groups in total. The number of rotatable bonds is 6. The van der Waals surface area contributed by atoms with Crippen molar-refractivity contribution in [3.05, 3.63) is 53.6 Å². The molecule has 1 saturated heterocycles. The molecule has 0 bridgehead atoms. The van der Waals surface area contributed by atoms with Gasteiger partial charge in [-0.05, 0) is 24.3 Å². The van der Waals surface area contributed by atoms with Gasteiger partial charge in [0.1, 0.15) is 23.4 Å². The Bertz CT molecular complexity index is 1180. The number of nitrogens with one attached hydrogen (secondary N) is 2. The van der Waals surface area contributed by atoms with Crippen molar-refractivity contribution in [3.8, 4) is 17.2 Å². The first-order valence-electron chi connectivity index (χ1n) is 9.59. The van der Waals surface area contributed by atoms with Crippen LogP contribution in [0.1, 0.15) is 11.5 Å². The molecule has 1 aliphatic rings. The fourth-order valence-corrected chi connectivity index (χ4v) is 4.14. The molecule has 1 aliphatic heterocycles. The van der Waals surface area contributed by atoms with Crippen LogP contribution in [0.4, 0.5) is 28.0 Å². The number of ether oxygens (including phenoxy) is 1. The van der Waals surface area contributed by atoms with Gasteiger partial charge in [-0.3, -0.25) is 4.79 Å². The number of amides is 1. The van der Waals surface area contributed by atoms with Crippen molar-refractivity contribution in [2.75, 3.05) is 19.0 Å². The molecule has 180 valence electrons. The van der Waals surface area contributed by atoms with Crippen molar-refractivity contribution in [1.29, 1.82) is 0 Å². The number of hydrogen-bond acceptors (Lipinski definition) is 7. The summed E-state index contributed by atoms with van der Waals surface area (Å²) >= 11 is -2.94. The highest BCUT2D eigenvalue weighted by Gasteiger charge is 2.53. The minimum atomic E-state index is -4.79. The highest BCUT2D eigenvalue weighted by atomic mass is 32.2. The molecule has 4 rings (SSSR count). The smallest absolute Gasteiger partial charge is 0.497 e. The SMILES string of the molecule is COc1cc(F)c([C@@H]2CNC(=O)[C@H]2Nc2nnc(-c3ccc([S+](O)C(F)(F)F)cc3)o2)c(F)c1. The third-order valence-corrected chi connectivity index (χ3v) is 6.25. The summed E-state index contributed by atoms with van der Waals surface area (Å²) in [5.41, 5.74) is -4.86. The zero-order valence-corrected chi connectivity index (χ0v) is 18.0. The lowest BCUT2D eigenvalue weighted by molar-refractivity contribution is -0.119. The van der Waals surface area contributed by atoms with Gasteiger partial charge in [0, 0.05) is 35.7 Å². The summed E-state index contributed by atoms with van der Waals surface area (Å²) in [5, 5.41) is 12.7. The molecule has 0 saturated carbocycles. The van der Waals surface area contributed by atoms with E-state index >= 15 is 0 Å². The molecule has 3 aromatic rings. The number of anilines is 1. The van der Waals surface area contributed by atoms with Crippen LogP contribution in [0.3, 0.4) is 0 Å². The summed E-state index contributed by atoms with van der Waals surface area (Å²) in [7, 11) is 1.26. The maximum absolute atomic E-state index is 14.6. The van der Waals surface area contributed by atoms with E-state index in [9.17, 15) is 31.3 Å². The Morgan fingerprint density at radius 1 is 1.18 bits per heavy atom. The van der Waals surface area contributed by atoms with Crippen LogP contribution >= 0.6 is 0 Å². The van der Waals surface area contributed by atoms with Crippen molar-refractivity contribution in [3.63, 3.8) is 0 Å². The summed E-state index contributed by atoms with van der Waals surface area (Å²) in [6.07, 6.45) is 0. The van der Waals surface area contributed by atoms with Gasteiger partial charge >= 0.3 is 11.5 Å². The minimum Gasteiger partial charge on any atom is -0.497 e. The lowest BCUT2D eigenvalue weighted by Gasteiger charge is -2.19. The van der Waals surface area contributed by atoms with Gasteiger partial charge in [0.2, 0.25) is 11.8 Å². The van der Waals surface area contributed by atoms with E-state index in [0.717, 1.165) is 24.3 Å². The van der Waals surface area contributed by atoms with E-state index in [1.54, 1.807) is 0 Å². The van der Waals surface area contributed by atoms with Gasteiger partial charge in [-0.1, -0.05) is 5.10 Å². The predicted molar refractivity (Wildman–Crippen MR) is 110 cm³/mol. The standard InChI is InChI=1S/C20H15F5N4O4S/c1-32-10-6-13(21)15(14(22)7-10)12-8-26-17(30)16(12)27-19-29-28-18(33-19)9-2-4-11(5-3-9)34(31)20(23,24)25/h2-7,12,16,31H,8H2,1H3,(H-,26,27,29,30)/p+1/t12-,16-,34?/m0/s1. The summed E-state index contributed by atoms with van der Waals surface area (Å²) in [5.74, 6) is -3.38. The average molecular weight is 503 g/mol. The fourth-order valence-electron chi connectivity index (χ4n) is 3.48. The van der Waals surface area contributed by atoms with Crippen LogP contribution in [-0.2, 0) is 16.0 Å². The first-order valence-corrected chi connectivity index (χ1v) is 10.8. The van der Waals surface area contributed by atoms with Crippen LogP contribution in [0, 0.1) is 11.6 Å². The molecule has 8 nitrogen and oxygen atoms in total. The summed E-state index contributed by atoms with van der Waals surface area (Å²) < 4.78 is 86.7. The van der Waals surface area contributed by atoms with Crippen LogP contribution < -0.4 is 15.4 Å². The molecule has 1 amide bonds. The first-order chi connectivity index (χ1) is 16.1. The zero-order chi connectivity index (χ0) is 24.6. The normalized spacial score (nSPS) is 19.1. The fraction of sp³-hybridized carbons (Fsp3) is 0.250. The number of carbonyl (C=O) groups is 1. The number of carbonyl (C=O) groups excluding carboxylic acids is 1. The van der Waals surface area contributed by atoms with Crippen LogP contribution in [0.15, 0.2) is 45.7 Å². The maximum atomic E-state index is 14.6. The third-order valence-electron chi connectivity index (χ3n) is 5.09. The Hall–Kier alpha value is -3.39. The Morgan fingerprint density at radius 2 is 1.82 bits per heavy atom. The Labute approximate surface area is 191 Å². The van der Waals surface area contributed by atoms with E-state index in [2.05, 4.69) is 20.8 Å². The maximum Gasteiger partial charge on any atom is 0.613 e. The number of hydrogen-bond donors (Lipinski definition) is 3. The van der Waals surface area contributed by atoms with Gasteiger partial charge in [0.15, 0.2) is 4.90 Å². The number of methoxy groups -OCH3 is 1. The van der Waals surface area contributed by atoms with Gasteiger partial charge < -0.3 is 19.8 Å². The summed E-state index contributed by atoms with van der Waals surface area (Å²) in [6.45, 7) is -0.0541. The molecular weight excluding hydrogens is 487 g/mol. The molecule has 1 unspecified atom stereocenters. The molecule has 1 fully saturated rings. The van der Waals surface area contributed by atoms with Gasteiger partial charge in [-0.2, -0.15) is 4.55 Å². The molecule has 0 radical (unpaired) electrons. The average Bonchev–Trinajstić information content (AvgIpc) is 3.40. The minimum absolute atomic E-state index is 0.0172. The van der Waals surface area contributed by atoms with E-state index in [1.165, 1.54) is 19.2 Å². The van der Waals surface area contributed by atoms with Crippen LogP contribution in [0.5, 0.6) is 5.75 Å². The number of alkyl halides is 3. The molecule has 14 heteroatoms. The molecular formula is C20H16F5N4O4S+. The Kier molecular flexibility index (Phi) is 6.36. The highest BCUT2D eigenvalue weighted by molar-refractivity contribution is 7.92. The van der Waals surface area contributed by atoms with Crippen molar-refractivity contribution < 1.29 is 40.5 Å². The second kappa shape index (κ2) is 9.10. The summed E-state index contributed by atoms with van der Waals surface area (Å²) in [4.78, 5) is 12.0. The van der Waals surface area contributed by atoms with E-state index in [-0.39, 0.29) is 40.2 Å². The monoisotopic (exact) mass is 503 g/mol. The second-order valence-electron chi connectivity index (χ2n) is 7.15. The highest BCUT2D eigenvalue weighted by Crippen LogP contribution is 2.34. The van der Waals surface area contributed by atoms with Crippen LogP contribution in [0.2, 0.25) is 0 Å². The molecule has 0 aliphatic carbocycles. The Balaban J connectivity index is 1.54. The lowest BCUT2D eigenvalue weighted by atomic mass is 9.93. The predicted octanol–water partition coefficient (Wildman–Crippen LogP) is 3.69. The quantitative estimate of drug-likeness (QED) is 0.348. The van der Waals surface area contributed by atoms with Gasteiger partial charge in [-0.25, -0.2) is 8.78 Å². The number of aromatic nitrogens is 2. The van der Waals surface area contributed by atoms with Crippen LogP contribution in [-0.4, -0.2) is 45.9 Å². The van der Waals surface area contributed by atoms with E-state index in [1.807, 2.05) is 0 Å². The molecule has 2 heterocycles. The molecule has 34 heavy (non-hydrogen) atoms. The van der Waals surface area contributed by atoms with Gasteiger partial charge in [0.05, 0.1) is 7.11 Å². The molecule has 2 aromatic carbocycles. The van der Waals surface area contributed by atoms with Crippen molar-refractivity contribution in [2.24, 2.45) is 0 Å². The molecule has 0 spiro atoms. The van der Waals surface area contributed by atoms with Crippen LogP contribution in [0.25, 0.3) is 11.5 Å². The second-order valence-corrected chi connectivity index (χ2v) is 8.65. The number of benzene rings is 2. The van der Waals surface area contributed by atoms with E-state index in [4.69, 9.17) is 9.15 Å². The van der Waals surface area contributed by atoms with Crippen molar-refractivity contribution in [1.82, 2.24) is 15.5 Å². The van der Waals surface area contributed by atoms with Crippen molar-refractivity contribution >= 4 is 23.1 Å². The van der Waals surface area contributed by atoms with Crippen molar-refractivity contribution in [2.45, 2.75) is 22.4 Å². The molecule has 1 aromatic heterocycles. The first kappa shape index (κ1) is 23.8. The van der Waals surface area contributed by atoms with Gasteiger partial charge in [0.25, 0.3) is 11.2 Å².